The molecule has 5 nitrogen and oxygen atoms in total. The fourth-order valence-electron chi connectivity index (χ4n) is 2.94. The Morgan fingerprint density at radius 1 is 1.52 bits per heavy atom. The number of phenols is 1. The van der Waals surface area contributed by atoms with Crippen molar-refractivity contribution >= 4 is 5.91 Å². The molecule has 6 heteroatoms. The number of methoxy groups -OCH3 is 1. The summed E-state index contributed by atoms with van der Waals surface area (Å²) in [6, 6.07) is 4.07. The van der Waals surface area contributed by atoms with Gasteiger partial charge < -0.3 is 19.6 Å². The third-order valence-corrected chi connectivity index (χ3v) is 4.31. The average Bonchev–Trinajstić information content (AvgIpc) is 2.96. The molecule has 0 bridgehead atoms. The van der Waals surface area contributed by atoms with Gasteiger partial charge in [0, 0.05) is 33.8 Å². The van der Waals surface area contributed by atoms with Crippen LogP contribution in [0.5, 0.6) is 5.75 Å². The maximum atomic E-state index is 13.3. The molecule has 1 saturated heterocycles. The van der Waals surface area contributed by atoms with Gasteiger partial charge >= 0.3 is 0 Å². The third-order valence-electron chi connectivity index (χ3n) is 4.31. The zero-order chi connectivity index (χ0) is 16.8. The van der Waals surface area contributed by atoms with Crippen LogP contribution >= 0.6 is 0 Å². The van der Waals surface area contributed by atoms with Crippen LogP contribution in [0, 0.1) is 11.7 Å². The second-order valence-electron chi connectivity index (χ2n) is 6.18. The first-order valence-electron chi connectivity index (χ1n) is 7.92. The minimum atomic E-state index is -0.692. The number of carbonyl (C=O) groups is 1. The molecular weight excluding hydrogens is 299 g/mol. The highest BCUT2D eigenvalue weighted by molar-refractivity contribution is 5.78. The Kier molecular flexibility index (Phi) is 6.36. The number of nitrogens with zero attached hydrogens (tertiary/aromatic N) is 2. The molecule has 1 aromatic rings. The molecule has 23 heavy (non-hydrogen) atoms. The molecule has 1 unspecified atom stereocenters. The van der Waals surface area contributed by atoms with Gasteiger partial charge in [0.15, 0.2) is 11.6 Å². The lowest BCUT2D eigenvalue weighted by Gasteiger charge is -2.22. The number of hydrogen-bond donors (Lipinski definition) is 1. The zero-order valence-electron chi connectivity index (χ0n) is 13.8. The molecule has 1 amide bonds. The van der Waals surface area contributed by atoms with E-state index in [0.717, 1.165) is 32.7 Å². The van der Waals surface area contributed by atoms with E-state index in [1.807, 2.05) is 0 Å². The van der Waals surface area contributed by atoms with Crippen LogP contribution in [-0.4, -0.2) is 67.8 Å². The largest absolute Gasteiger partial charge is 0.505 e. The number of rotatable bonds is 7. The van der Waals surface area contributed by atoms with Crippen molar-refractivity contribution in [3.8, 4) is 5.75 Å². The van der Waals surface area contributed by atoms with Crippen LogP contribution in [0.15, 0.2) is 18.2 Å². The second kappa shape index (κ2) is 8.26. The van der Waals surface area contributed by atoms with E-state index in [9.17, 15) is 14.3 Å². The molecule has 0 aliphatic carbocycles. The molecule has 1 heterocycles. The fourth-order valence-corrected chi connectivity index (χ4v) is 2.94. The summed E-state index contributed by atoms with van der Waals surface area (Å²) in [6.45, 7) is 4.39. The van der Waals surface area contributed by atoms with Crippen molar-refractivity contribution in [1.29, 1.82) is 0 Å². The van der Waals surface area contributed by atoms with Crippen molar-refractivity contribution in [2.45, 2.75) is 12.8 Å². The van der Waals surface area contributed by atoms with E-state index in [1.54, 1.807) is 25.1 Å². The van der Waals surface area contributed by atoms with Gasteiger partial charge in [0.05, 0.1) is 13.0 Å². The molecule has 1 aliphatic heterocycles. The van der Waals surface area contributed by atoms with Crippen molar-refractivity contribution in [1.82, 2.24) is 9.80 Å². The summed E-state index contributed by atoms with van der Waals surface area (Å²) in [5.41, 5.74) is 0.574. The summed E-state index contributed by atoms with van der Waals surface area (Å²) in [4.78, 5) is 16.3. The van der Waals surface area contributed by atoms with Crippen LogP contribution in [0.25, 0.3) is 0 Å². The van der Waals surface area contributed by atoms with Crippen molar-refractivity contribution in [2.24, 2.45) is 5.92 Å². The first-order chi connectivity index (χ1) is 11.0. The molecule has 0 spiro atoms. The number of hydrogen-bond acceptors (Lipinski definition) is 4. The van der Waals surface area contributed by atoms with Gasteiger partial charge in [-0.15, -0.1) is 0 Å². The number of ether oxygens (including phenoxy) is 1. The van der Waals surface area contributed by atoms with Gasteiger partial charge in [0.25, 0.3) is 0 Å². The van der Waals surface area contributed by atoms with E-state index in [4.69, 9.17) is 4.74 Å². The molecule has 1 aliphatic rings. The molecule has 1 N–H and O–H groups in total. The predicted molar refractivity (Wildman–Crippen MR) is 85.8 cm³/mol. The van der Waals surface area contributed by atoms with E-state index >= 15 is 0 Å². The Morgan fingerprint density at radius 3 is 3.00 bits per heavy atom. The maximum Gasteiger partial charge on any atom is 0.226 e. The third kappa shape index (κ3) is 5.18. The van der Waals surface area contributed by atoms with Gasteiger partial charge in [0.2, 0.25) is 5.91 Å². The lowest BCUT2D eigenvalue weighted by Crippen LogP contribution is -2.34. The number of halogens is 1. The number of benzene rings is 1. The normalized spacial score (nSPS) is 18.3. The highest BCUT2D eigenvalue weighted by Crippen LogP contribution is 2.19. The number of likely N-dealkylation sites (tertiary alicyclic amines) is 1. The van der Waals surface area contributed by atoms with Gasteiger partial charge in [-0.05, 0) is 36.6 Å². The standard InChI is InChI=1S/C17H25FN2O3/c1-19(11-14-5-6-20(12-14)7-8-23-2)17(22)10-13-3-4-16(21)15(18)9-13/h3-4,9,14,21H,5-8,10-12H2,1-2H3. The number of likely N-dealkylation sites (N-methyl/N-ethyl adjacent to an activating group) is 1. The Bertz CT molecular complexity index is 539. The van der Waals surface area contributed by atoms with Crippen molar-refractivity contribution < 1.29 is 19.0 Å². The number of phenolic OH excluding ortho intramolecular Hbond substituents is 1. The minimum absolute atomic E-state index is 0.0366. The quantitative estimate of drug-likeness (QED) is 0.826. The molecule has 0 radical (unpaired) electrons. The van der Waals surface area contributed by atoms with Crippen LogP contribution in [0.3, 0.4) is 0 Å². The van der Waals surface area contributed by atoms with Crippen molar-refractivity contribution in [3.05, 3.63) is 29.6 Å². The highest BCUT2D eigenvalue weighted by atomic mass is 19.1. The van der Waals surface area contributed by atoms with Gasteiger partial charge in [-0.1, -0.05) is 6.07 Å². The Labute approximate surface area is 136 Å². The van der Waals surface area contributed by atoms with Crippen molar-refractivity contribution in [2.75, 3.05) is 46.9 Å². The summed E-state index contributed by atoms with van der Waals surface area (Å²) in [5.74, 6) is -0.651. The number of carbonyl (C=O) groups excluding carboxylic acids is 1. The van der Waals surface area contributed by atoms with Gasteiger partial charge in [-0.3, -0.25) is 4.79 Å². The van der Waals surface area contributed by atoms with Crippen LogP contribution in [-0.2, 0) is 16.0 Å². The average molecular weight is 324 g/mol. The summed E-state index contributed by atoms with van der Waals surface area (Å²) in [6.07, 6.45) is 1.23. The van der Waals surface area contributed by atoms with Gasteiger partial charge in [-0.2, -0.15) is 0 Å². The van der Waals surface area contributed by atoms with Crippen LogP contribution in [0.2, 0.25) is 0 Å². The lowest BCUT2D eigenvalue weighted by molar-refractivity contribution is -0.129. The molecular formula is C17H25FN2O3. The predicted octanol–water partition coefficient (Wildman–Crippen LogP) is 1.50. The minimum Gasteiger partial charge on any atom is -0.505 e. The lowest BCUT2D eigenvalue weighted by atomic mass is 10.1. The van der Waals surface area contributed by atoms with E-state index in [0.29, 0.717) is 18.0 Å². The van der Waals surface area contributed by atoms with E-state index < -0.39 is 11.6 Å². The Hall–Kier alpha value is -1.66. The Morgan fingerprint density at radius 2 is 2.30 bits per heavy atom. The molecule has 1 aromatic carbocycles. The van der Waals surface area contributed by atoms with Crippen LogP contribution < -0.4 is 0 Å². The summed E-state index contributed by atoms with van der Waals surface area (Å²) in [5, 5.41) is 9.18. The van der Waals surface area contributed by atoms with Crippen LogP contribution in [0.1, 0.15) is 12.0 Å². The van der Waals surface area contributed by atoms with Gasteiger partial charge in [0.1, 0.15) is 0 Å². The second-order valence-corrected chi connectivity index (χ2v) is 6.18. The smallest absolute Gasteiger partial charge is 0.226 e. The van der Waals surface area contributed by atoms with Crippen LogP contribution in [0.4, 0.5) is 4.39 Å². The summed E-state index contributed by atoms with van der Waals surface area (Å²) in [7, 11) is 3.49. The first-order valence-corrected chi connectivity index (χ1v) is 7.92. The first kappa shape index (κ1) is 17.7. The molecule has 128 valence electrons. The molecule has 2 rings (SSSR count). The molecule has 0 aromatic heterocycles. The number of aromatic hydroxyl groups is 1. The molecule has 1 fully saturated rings. The Balaban J connectivity index is 1.80. The monoisotopic (exact) mass is 324 g/mol. The number of amides is 1. The summed E-state index contributed by atoms with van der Waals surface area (Å²) < 4.78 is 18.4. The van der Waals surface area contributed by atoms with E-state index in [2.05, 4.69) is 4.90 Å². The molecule has 1 atom stereocenters. The summed E-state index contributed by atoms with van der Waals surface area (Å²) >= 11 is 0. The highest BCUT2D eigenvalue weighted by Gasteiger charge is 2.24. The zero-order valence-corrected chi connectivity index (χ0v) is 13.8. The van der Waals surface area contributed by atoms with E-state index in [1.165, 1.54) is 12.1 Å². The fraction of sp³-hybridized carbons (Fsp3) is 0.588. The van der Waals surface area contributed by atoms with Crippen molar-refractivity contribution in [3.63, 3.8) is 0 Å². The topological polar surface area (TPSA) is 53.0 Å². The maximum absolute atomic E-state index is 13.3. The van der Waals surface area contributed by atoms with Gasteiger partial charge in [-0.25, -0.2) is 4.39 Å². The van der Waals surface area contributed by atoms with E-state index in [-0.39, 0.29) is 12.3 Å². The molecule has 0 saturated carbocycles. The SMILES string of the molecule is COCCN1CCC(CN(C)C(=O)Cc2ccc(O)c(F)c2)C1.